The number of carbonyl (C=O) groups is 1. The Morgan fingerprint density at radius 3 is 2.95 bits per heavy atom. The molecule has 0 radical (unpaired) electrons. The van der Waals surface area contributed by atoms with Crippen molar-refractivity contribution in [3.8, 4) is 0 Å². The fourth-order valence-corrected chi connectivity index (χ4v) is 2.10. The van der Waals surface area contributed by atoms with Crippen LogP contribution in [0.2, 0.25) is 5.02 Å². The van der Waals surface area contributed by atoms with Crippen molar-refractivity contribution in [3.05, 3.63) is 28.5 Å². The SMILES string of the molecule is CCOC(=O)c1cc(CN2CCOCC2)ncc1Cl. The molecule has 0 bridgehead atoms. The zero-order valence-corrected chi connectivity index (χ0v) is 11.7. The lowest BCUT2D eigenvalue weighted by Gasteiger charge is -2.26. The van der Waals surface area contributed by atoms with E-state index in [4.69, 9.17) is 21.1 Å². The van der Waals surface area contributed by atoms with Gasteiger partial charge in [-0.2, -0.15) is 0 Å². The van der Waals surface area contributed by atoms with Gasteiger partial charge in [0.15, 0.2) is 0 Å². The van der Waals surface area contributed by atoms with Gasteiger partial charge < -0.3 is 9.47 Å². The van der Waals surface area contributed by atoms with Crippen molar-refractivity contribution in [2.45, 2.75) is 13.5 Å². The number of rotatable bonds is 4. The van der Waals surface area contributed by atoms with E-state index in [9.17, 15) is 4.79 Å². The van der Waals surface area contributed by atoms with Crippen LogP contribution in [0.5, 0.6) is 0 Å². The third-order valence-electron chi connectivity index (χ3n) is 2.90. The van der Waals surface area contributed by atoms with Gasteiger partial charge in [0.05, 0.1) is 36.1 Å². The van der Waals surface area contributed by atoms with E-state index in [1.165, 1.54) is 6.20 Å². The molecule has 1 saturated heterocycles. The third-order valence-corrected chi connectivity index (χ3v) is 3.20. The first kappa shape index (κ1) is 14.2. The molecule has 0 N–H and O–H groups in total. The molecule has 1 aromatic heterocycles. The summed E-state index contributed by atoms with van der Waals surface area (Å²) in [6.07, 6.45) is 1.50. The number of carbonyl (C=O) groups excluding carboxylic acids is 1. The number of aromatic nitrogens is 1. The molecule has 1 aromatic rings. The van der Waals surface area contributed by atoms with Gasteiger partial charge in [-0.1, -0.05) is 11.6 Å². The van der Waals surface area contributed by atoms with Crippen LogP contribution < -0.4 is 0 Å². The first-order valence-electron chi connectivity index (χ1n) is 6.32. The van der Waals surface area contributed by atoms with Crippen molar-refractivity contribution in [2.75, 3.05) is 32.9 Å². The van der Waals surface area contributed by atoms with Crippen molar-refractivity contribution < 1.29 is 14.3 Å². The summed E-state index contributed by atoms with van der Waals surface area (Å²) in [6, 6.07) is 1.70. The smallest absolute Gasteiger partial charge is 0.339 e. The highest BCUT2D eigenvalue weighted by Crippen LogP contribution is 2.18. The van der Waals surface area contributed by atoms with Crippen LogP contribution >= 0.6 is 11.6 Å². The minimum Gasteiger partial charge on any atom is -0.462 e. The maximum Gasteiger partial charge on any atom is 0.339 e. The summed E-state index contributed by atoms with van der Waals surface area (Å²) in [4.78, 5) is 18.2. The molecule has 0 aromatic carbocycles. The van der Waals surface area contributed by atoms with E-state index in [0.29, 0.717) is 23.7 Å². The number of hydrogen-bond donors (Lipinski definition) is 0. The highest BCUT2D eigenvalue weighted by atomic mass is 35.5. The molecule has 0 aliphatic carbocycles. The molecule has 2 rings (SSSR count). The minimum atomic E-state index is -0.405. The Kier molecular flexibility index (Phi) is 5.13. The number of morpholine rings is 1. The van der Waals surface area contributed by atoms with Crippen LogP contribution in [-0.4, -0.2) is 48.8 Å². The predicted molar refractivity (Wildman–Crippen MR) is 71.3 cm³/mol. The number of halogens is 1. The summed E-state index contributed by atoms with van der Waals surface area (Å²) >= 11 is 5.97. The molecule has 0 saturated carbocycles. The van der Waals surface area contributed by atoms with Gasteiger partial charge in [-0.05, 0) is 13.0 Å². The highest BCUT2D eigenvalue weighted by molar-refractivity contribution is 6.33. The van der Waals surface area contributed by atoms with E-state index in [1.807, 2.05) is 0 Å². The van der Waals surface area contributed by atoms with E-state index in [2.05, 4.69) is 9.88 Å². The van der Waals surface area contributed by atoms with E-state index in [1.54, 1.807) is 13.0 Å². The first-order valence-corrected chi connectivity index (χ1v) is 6.70. The van der Waals surface area contributed by atoms with Crippen molar-refractivity contribution in [2.24, 2.45) is 0 Å². The topological polar surface area (TPSA) is 51.7 Å². The van der Waals surface area contributed by atoms with E-state index in [0.717, 1.165) is 32.0 Å². The Bertz CT molecular complexity index is 448. The van der Waals surface area contributed by atoms with Crippen molar-refractivity contribution in [1.29, 1.82) is 0 Å². The van der Waals surface area contributed by atoms with Gasteiger partial charge in [-0.3, -0.25) is 9.88 Å². The predicted octanol–water partition coefficient (Wildman–Crippen LogP) is 1.74. The fraction of sp³-hybridized carbons (Fsp3) is 0.538. The Morgan fingerprint density at radius 2 is 2.26 bits per heavy atom. The average Bonchev–Trinajstić information content (AvgIpc) is 2.42. The Labute approximate surface area is 117 Å². The van der Waals surface area contributed by atoms with Gasteiger partial charge in [0.1, 0.15) is 0 Å². The Balaban J connectivity index is 2.08. The molecule has 1 aliphatic heterocycles. The molecule has 0 amide bonds. The zero-order valence-electron chi connectivity index (χ0n) is 10.9. The standard InChI is InChI=1S/C13H17ClN2O3/c1-2-19-13(17)11-7-10(15-8-12(11)14)9-16-3-5-18-6-4-16/h7-8H,2-6,9H2,1H3. The number of pyridine rings is 1. The molecule has 0 spiro atoms. The lowest BCUT2D eigenvalue weighted by atomic mass is 10.2. The van der Waals surface area contributed by atoms with Crippen molar-refractivity contribution >= 4 is 17.6 Å². The molecule has 1 fully saturated rings. The van der Waals surface area contributed by atoms with Crippen molar-refractivity contribution in [1.82, 2.24) is 9.88 Å². The second-order valence-electron chi connectivity index (χ2n) is 4.26. The van der Waals surface area contributed by atoms with Crippen LogP contribution in [0.15, 0.2) is 12.3 Å². The molecule has 2 heterocycles. The summed E-state index contributed by atoms with van der Waals surface area (Å²) in [7, 11) is 0. The Morgan fingerprint density at radius 1 is 1.53 bits per heavy atom. The van der Waals surface area contributed by atoms with Crippen molar-refractivity contribution in [3.63, 3.8) is 0 Å². The molecular weight excluding hydrogens is 268 g/mol. The third kappa shape index (κ3) is 3.89. The highest BCUT2D eigenvalue weighted by Gasteiger charge is 2.16. The summed E-state index contributed by atoms with van der Waals surface area (Å²) in [5.41, 5.74) is 1.19. The van der Waals surface area contributed by atoms with E-state index in [-0.39, 0.29) is 0 Å². The summed E-state index contributed by atoms with van der Waals surface area (Å²) < 4.78 is 10.3. The first-order chi connectivity index (χ1) is 9.20. The maximum absolute atomic E-state index is 11.7. The van der Waals surface area contributed by atoms with Gasteiger partial charge in [0, 0.05) is 25.8 Å². The largest absolute Gasteiger partial charge is 0.462 e. The van der Waals surface area contributed by atoms with Gasteiger partial charge in [0.25, 0.3) is 0 Å². The summed E-state index contributed by atoms with van der Waals surface area (Å²) in [6.45, 7) is 6.00. The van der Waals surface area contributed by atoms with Gasteiger partial charge in [0.2, 0.25) is 0 Å². The Hall–Kier alpha value is -1.17. The molecule has 0 unspecified atom stereocenters. The van der Waals surface area contributed by atoms with Crippen LogP contribution in [0.25, 0.3) is 0 Å². The molecular formula is C13H17ClN2O3. The second kappa shape index (κ2) is 6.84. The quantitative estimate of drug-likeness (QED) is 0.789. The van der Waals surface area contributed by atoms with Crippen LogP contribution in [0.1, 0.15) is 23.0 Å². The fourth-order valence-electron chi connectivity index (χ4n) is 1.92. The van der Waals surface area contributed by atoms with Gasteiger partial charge >= 0.3 is 5.97 Å². The van der Waals surface area contributed by atoms with E-state index >= 15 is 0 Å². The summed E-state index contributed by atoms with van der Waals surface area (Å²) in [5, 5.41) is 0.323. The van der Waals surface area contributed by atoms with Crippen LogP contribution in [-0.2, 0) is 16.0 Å². The van der Waals surface area contributed by atoms with Crippen LogP contribution in [0.4, 0.5) is 0 Å². The lowest BCUT2D eigenvalue weighted by molar-refractivity contribution is 0.0335. The number of nitrogens with zero attached hydrogens (tertiary/aromatic N) is 2. The number of ether oxygens (including phenoxy) is 2. The van der Waals surface area contributed by atoms with Gasteiger partial charge in [-0.15, -0.1) is 0 Å². The monoisotopic (exact) mass is 284 g/mol. The van der Waals surface area contributed by atoms with Crippen LogP contribution in [0.3, 0.4) is 0 Å². The molecule has 1 aliphatic rings. The second-order valence-corrected chi connectivity index (χ2v) is 4.67. The van der Waals surface area contributed by atoms with Crippen LogP contribution in [0, 0.1) is 0 Å². The molecule has 6 heteroatoms. The molecule has 5 nitrogen and oxygen atoms in total. The lowest BCUT2D eigenvalue weighted by Crippen LogP contribution is -2.35. The average molecular weight is 285 g/mol. The summed E-state index contributed by atoms with van der Waals surface area (Å²) in [5.74, 6) is -0.405. The minimum absolute atomic E-state index is 0.323. The molecule has 0 atom stereocenters. The number of hydrogen-bond acceptors (Lipinski definition) is 5. The zero-order chi connectivity index (χ0) is 13.7. The molecule has 19 heavy (non-hydrogen) atoms. The van der Waals surface area contributed by atoms with E-state index < -0.39 is 5.97 Å². The molecule has 104 valence electrons. The maximum atomic E-state index is 11.7. The normalized spacial score (nSPS) is 16.3. The van der Waals surface area contributed by atoms with Gasteiger partial charge in [-0.25, -0.2) is 4.79 Å². The number of esters is 1.